The van der Waals surface area contributed by atoms with E-state index in [0.717, 1.165) is 37.3 Å². The van der Waals surface area contributed by atoms with E-state index in [9.17, 15) is 4.39 Å². The van der Waals surface area contributed by atoms with Gasteiger partial charge in [0.1, 0.15) is 11.5 Å². The van der Waals surface area contributed by atoms with E-state index in [0.29, 0.717) is 11.5 Å². The zero-order valence-electron chi connectivity index (χ0n) is 14.5. The Morgan fingerprint density at radius 3 is 3.04 bits per heavy atom. The van der Waals surface area contributed by atoms with Gasteiger partial charge in [-0.1, -0.05) is 0 Å². The second-order valence-electron chi connectivity index (χ2n) is 6.63. The van der Waals surface area contributed by atoms with Crippen molar-refractivity contribution in [3.05, 3.63) is 47.9 Å². The van der Waals surface area contributed by atoms with Crippen LogP contribution in [-0.4, -0.2) is 60.3 Å². The first-order valence-corrected chi connectivity index (χ1v) is 8.90. The Hall–Kier alpha value is -3.14. The number of hydrogen-bond donors (Lipinski definition) is 2. The molecule has 2 atom stereocenters. The summed E-state index contributed by atoms with van der Waals surface area (Å²) in [5, 5.41) is 18.0. The third-order valence-electron chi connectivity index (χ3n) is 5.00. The first-order valence-electron chi connectivity index (χ1n) is 8.90. The lowest BCUT2D eigenvalue weighted by Crippen LogP contribution is -2.47. The molecule has 3 aromatic heterocycles. The number of fused-ring (bicyclic) bond motifs is 1. The number of H-pyrrole nitrogens is 1. The SMILES string of the molecule is Fc1ccc2ncc([C@H]3N=CC=C(c4nn[nH]n4)N3C3CCCNC3)n2c1. The van der Waals surface area contributed by atoms with Crippen LogP contribution in [0, 0.1) is 5.82 Å². The minimum absolute atomic E-state index is 0.199. The number of nitrogens with one attached hydrogen (secondary N) is 2. The van der Waals surface area contributed by atoms with Gasteiger partial charge in [0.05, 0.1) is 17.6 Å². The van der Waals surface area contributed by atoms with Crippen molar-refractivity contribution in [1.82, 2.24) is 40.2 Å². The third-order valence-corrected chi connectivity index (χ3v) is 5.00. The molecule has 1 unspecified atom stereocenters. The summed E-state index contributed by atoms with van der Waals surface area (Å²) in [5.41, 5.74) is 2.31. The topological polar surface area (TPSA) is 99.4 Å². The van der Waals surface area contributed by atoms with Gasteiger partial charge in [-0.15, -0.1) is 10.2 Å². The fourth-order valence-corrected chi connectivity index (χ4v) is 3.80. The molecule has 2 N–H and O–H groups in total. The number of hydrogen-bond acceptors (Lipinski definition) is 7. The summed E-state index contributed by atoms with van der Waals surface area (Å²) in [6.45, 7) is 1.83. The highest BCUT2D eigenvalue weighted by atomic mass is 19.1. The van der Waals surface area contributed by atoms with Gasteiger partial charge in [0.15, 0.2) is 6.17 Å². The van der Waals surface area contributed by atoms with Crippen molar-refractivity contribution in [3.8, 4) is 0 Å². The van der Waals surface area contributed by atoms with E-state index in [4.69, 9.17) is 4.99 Å². The Bertz CT molecular complexity index is 1000. The van der Waals surface area contributed by atoms with E-state index < -0.39 is 0 Å². The van der Waals surface area contributed by atoms with Crippen molar-refractivity contribution in [1.29, 1.82) is 0 Å². The molecule has 0 spiro atoms. The first kappa shape index (κ1) is 16.1. The van der Waals surface area contributed by atoms with Crippen LogP contribution in [0.4, 0.5) is 4.39 Å². The maximum atomic E-state index is 13.9. The quantitative estimate of drug-likeness (QED) is 0.721. The molecule has 1 saturated heterocycles. The van der Waals surface area contributed by atoms with Crippen molar-refractivity contribution < 1.29 is 4.39 Å². The van der Waals surface area contributed by atoms with E-state index in [1.165, 1.54) is 12.3 Å². The zero-order valence-corrected chi connectivity index (χ0v) is 14.5. The molecule has 2 aliphatic rings. The van der Waals surface area contributed by atoms with Gasteiger partial charge in [0.2, 0.25) is 5.82 Å². The highest BCUT2D eigenvalue weighted by Crippen LogP contribution is 2.36. The van der Waals surface area contributed by atoms with Crippen LogP contribution in [-0.2, 0) is 0 Å². The van der Waals surface area contributed by atoms with Gasteiger partial charge in [-0.2, -0.15) is 5.21 Å². The van der Waals surface area contributed by atoms with Crippen LogP contribution in [0.2, 0.25) is 0 Å². The molecular formula is C17H18FN9. The molecule has 5 rings (SSSR count). The second kappa shape index (κ2) is 6.54. The summed E-state index contributed by atoms with van der Waals surface area (Å²) in [6.07, 6.45) is 8.54. The fraction of sp³-hybridized carbons (Fsp3) is 0.353. The third kappa shape index (κ3) is 2.78. The number of aromatic amines is 1. The number of halogens is 1. The molecule has 0 aliphatic carbocycles. The number of rotatable bonds is 3. The Morgan fingerprint density at radius 1 is 1.26 bits per heavy atom. The van der Waals surface area contributed by atoms with Crippen LogP contribution in [0.3, 0.4) is 0 Å². The molecule has 0 bridgehead atoms. The molecule has 10 heteroatoms. The summed E-state index contributed by atoms with van der Waals surface area (Å²) < 4.78 is 15.6. The maximum absolute atomic E-state index is 13.9. The van der Waals surface area contributed by atoms with Crippen molar-refractivity contribution in [2.24, 2.45) is 4.99 Å². The molecule has 9 nitrogen and oxygen atoms in total. The number of allylic oxidation sites excluding steroid dienone is 1. The average molecular weight is 367 g/mol. The predicted molar refractivity (Wildman–Crippen MR) is 96.3 cm³/mol. The normalized spacial score (nSPS) is 23.0. The highest BCUT2D eigenvalue weighted by molar-refractivity contribution is 5.84. The van der Waals surface area contributed by atoms with Crippen LogP contribution >= 0.6 is 0 Å². The van der Waals surface area contributed by atoms with Crippen molar-refractivity contribution in [2.75, 3.05) is 13.1 Å². The predicted octanol–water partition coefficient (Wildman–Crippen LogP) is 1.16. The molecule has 0 radical (unpaired) electrons. The Balaban J connectivity index is 1.62. The number of piperidine rings is 1. The zero-order chi connectivity index (χ0) is 18.2. The molecule has 0 amide bonds. The molecule has 1 fully saturated rings. The molecule has 5 heterocycles. The molecule has 27 heavy (non-hydrogen) atoms. The summed E-state index contributed by atoms with van der Waals surface area (Å²) in [5.74, 6) is 0.193. The van der Waals surface area contributed by atoms with E-state index >= 15 is 0 Å². The van der Waals surface area contributed by atoms with Gasteiger partial charge in [-0.3, -0.25) is 9.39 Å². The standard InChI is InChI=1S/C17H18FN9/c18-11-3-4-15-21-9-14(26(15)10-11)17-20-7-5-13(16-22-24-25-23-16)27(17)12-2-1-6-19-8-12/h3-5,7,9-10,12,17,19H,1-2,6,8H2,(H,22,23,24,25)/t12?,17-/m0/s1. The smallest absolute Gasteiger partial charge is 0.220 e. The average Bonchev–Trinajstić information content (AvgIpc) is 3.38. The monoisotopic (exact) mass is 367 g/mol. The number of tetrazole rings is 1. The molecule has 138 valence electrons. The van der Waals surface area contributed by atoms with Crippen molar-refractivity contribution in [3.63, 3.8) is 0 Å². The molecular weight excluding hydrogens is 349 g/mol. The Labute approximate surface area is 154 Å². The van der Waals surface area contributed by atoms with E-state index in [1.807, 2.05) is 6.08 Å². The largest absolute Gasteiger partial charge is 0.337 e. The van der Waals surface area contributed by atoms with Crippen LogP contribution in [0.25, 0.3) is 11.3 Å². The number of aliphatic imine (C=N–C) groups is 1. The highest BCUT2D eigenvalue weighted by Gasteiger charge is 2.35. The Kier molecular flexibility index (Phi) is 3.89. The summed E-state index contributed by atoms with van der Waals surface area (Å²) in [7, 11) is 0. The number of imidazole rings is 1. The minimum atomic E-state index is -0.356. The van der Waals surface area contributed by atoms with Gasteiger partial charge in [-0.25, -0.2) is 9.37 Å². The lowest BCUT2D eigenvalue weighted by atomic mass is 10.0. The van der Waals surface area contributed by atoms with Crippen LogP contribution in [0.5, 0.6) is 0 Å². The maximum Gasteiger partial charge on any atom is 0.220 e. The van der Waals surface area contributed by atoms with Gasteiger partial charge < -0.3 is 10.2 Å². The molecule has 3 aromatic rings. The van der Waals surface area contributed by atoms with E-state index in [2.05, 4.69) is 35.8 Å². The van der Waals surface area contributed by atoms with E-state index in [1.54, 1.807) is 22.9 Å². The Morgan fingerprint density at radius 2 is 2.22 bits per heavy atom. The molecule has 0 saturated carbocycles. The van der Waals surface area contributed by atoms with E-state index in [-0.39, 0.29) is 18.0 Å². The fourth-order valence-electron chi connectivity index (χ4n) is 3.80. The molecule has 0 aromatic carbocycles. The van der Waals surface area contributed by atoms with Gasteiger partial charge >= 0.3 is 0 Å². The summed E-state index contributed by atoms with van der Waals surface area (Å²) in [6, 6.07) is 3.27. The number of pyridine rings is 1. The number of nitrogens with zero attached hydrogens (tertiary/aromatic N) is 7. The van der Waals surface area contributed by atoms with Crippen LogP contribution in [0.1, 0.15) is 30.5 Å². The summed E-state index contributed by atoms with van der Waals surface area (Å²) >= 11 is 0. The van der Waals surface area contributed by atoms with Crippen LogP contribution in [0.15, 0.2) is 35.6 Å². The van der Waals surface area contributed by atoms with Gasteiger partial charge in [0, 0.05) is 25.0 Å². The lowest BCUT2D eigenvalue weighted by Gasteiger charge is -2.41. The number of aromatic nitrogens is 6. The van der Waals surface area contributed by atoms with Gasteiger partial charge in [0.25, 0.3) is 0 Å². The summed E-state index contributed by atoms with van der Waals surface area (Å²) in [4.78, 5) is 11.3. The second-order valence-corrected chi connectivity index (χ2v) is 6.63. The molecule has 2 aliphatic heterocycles. The van der Waals surface area contributed by atoms with Crippen molar-refractivity contribution >= 4 is 17.6 Å². The first-order chi connectivity index (χ1) is 13.3. The van der Waals surface area contributed by atoms with Gasteiger partial charge in [-0.05, 0) is 42.8 Å². The lowest BCUT2D eigenvalue weighted by molar-refractivity contribution is 0.185. The minimum Gasteiger partial charge on any atom is -0.337 e. The van der Waals surface area contributed by atoms with Crippen LogP contribution < -0.4 is 5.32 Å². The van der Waals surface area contributed by atoms with Crippen molar-refractivity contribution in [2.45, 2.75) is 25.0 Å².